The van der Waals surface area contributed by atoms with E-state index in [9.17, 15) is 23.6 Å². The standard InChI is InChI=1S/C43H50FN3O8/c1-6-7-8-9-10-23-53-36-19-13-31(14-20-36)42(51)54-38-22-18-35(45-27-38)28-47(29-40(49)55-43(2,3)4)41(50)30-11-16-34(17-12-30)46-39(48)25-32-15-21-37(52-5)24-33(32)26-44/h11-22,24,27H,6-10,23,25-26,28-29H2,1-5H3,(H,46,48). The Kier molecular flexibility index (Phi) is 15.7. The number of esters is 2. The Labute approximate surface area is 322 Å². The first-order valence-electron chi connectivity index (χ1n) is 18.4. The molecule has 1 heterocycles. The molecule has 1 aromatic heterocycles. The number of amides is 2. The summed E-state index contributed by atoms with van der Waals surface area (Å²) in [6.45, 7) is 6.85. The smallest absolute Gasteiger partial charge is 0.343 e. The highest BCUT2D eigenvalue weighted by molar-refractivity contribution is 5.97. The number of rotatable bonds is 19. The first-order chi connectivity index (χ1) is 26.4. The number of nitrogens with zero attached hydrogens (tertiary/aromatic N) is 2. The quantitative estimate of drug-likeness (QED) is 0.0741. The predicted molar refractivity (Wildman–Crippen MR) is 207 cm³/mol. The van der Waals surface area contributed by atoms with Crippen molar-refractivity contribution >= 4 is 29.4 Å². The Morgan fingerprint density at radius 3 is 2.11 bits per heavy atom. The van der Waals surface area contributed by atoms with Gasteiger partial charge in [0.1, 0.15) is 36.1 Å². The molecule has 4 rings (SSSR count). The van der Waals surface area contributed by atoms with Crippen molar-refractivity contribution in [3.8, 4) is 17.2 Å². The molecule has 0 saturated carbocycles. The maximum Gasteiger partial charge on any atom is 0.343 e. The maximum atomic E-state index is 13.7. The van der Waals surface area contributed by atoms with Crippen molar-refractivity contribution in [3.05, 3.63) is 113 Å². The molecule has 0 bridgehead atoms. The van der Waals surface area contributed by atoms with Crippen molar-refractivity contribution in [2.45, 2.75) is 85.0 Å². The molecule has 0 atom stereocenters. The predicted octanol–water partition coefficient (Wildman–Crippen LogP) is 8.29. The van der Waals surface area contributed by atoms with E-state index in [-0.39, 0.29) is 36.7 Å². The lowest BCUT2D eigenvalue weighted by Crippen LogP contribution is -2.38. The summed E-state index contributed by atoms with van der Waals surface area (Å²) < 4.78 is 35.5. The normalized spacial score (nSPS) is 11.0. The van der Waals surface area contributed by atoms with E-state index in [2.05, 4.69) is 17.2 Å². The van der Waals surface area contributed by atoms with Crippen molar-refractivity contribution in [1.82, 2.24) is 9.88 Å². The zero-order valence-electron chi connectivity index (χ0n) is 32.2. The number of aromatic nitrogens is 1. The minimum absolute atomic E-state index is 0.0520. The highest BCUT2D eigenvalue weighted by Gasteiger charge is 2.24. The molecule has 0 spiro atoms. The summed E-state index contributed by atoms with van der Waals surface area (Å²) in [5, 5.41) is 2.77. The Hall–Kier alpha value is -5.78. The highest BCUT2D eigenvalue weighted by Crippen LogP contribution is 2.22. The van der Waals surface area contributed by atoms with E-state index in [1.807, 2.05) is 0 Å². The second kappa shape index (κ2) is 20.6. The van der Waals surface area contributed by atoms with Crippen LogP contribution >= 0.6 is 0 Å². The lowest BCUT2D eigenvalue weighted by Gasteiger charge is -2.25. The number of halogens is 1. The van der Waals surface area contributed by atoms with Crippen LogP contribution in [0.15, 0.2) is 85.1 Å². The van der Waals surface area contributed by atoms with Gasteiger partial charge in [-0.1, -0.05) is 38.7 Å². The summed E-state index contributed by atoms with van der Waals surface area (Å²) in [6, 6.07) is 21.0. The van der Waals surface area contributed by atoms with Gasteiger partial charge in [-0.2, -0.15) is 0 Å². The second-order valence-electron chi connectivity index (χ2n) is 14.0. The van der Waals surface area contributed by atoms with E-state index in [1.165, 1.54) is 49.6 Å². The monoisotopic (exact) mass is 755 g/mol. The zero-order valence-corrected chi connectivity index (χ0v) is 32.2. The number of carbonyl (C=O) groups excluding carboxylic acids is 4. The number of methoxy groups -OCH3 is 1. The SMILES string of the molecule is CCCCCCCOc1ccc(C(=O)Oc2ccc(CN(CC(=O)OC(C)(C)C)C(=O)c3ccc(NC(=O)Cc4ccc(OC)cc4CF)cc3)nc2)cc1. The third-order valence-electron chi connectivity index (χ3n) is 8.32. The molecule has 292 valence electrons. The zero-order chi connectivity index (χ0) is 39.8. The fourth-order valence-corrected chi connectivity index (χ4v) is 5.52. The fraction of sp³-hybridized carbons (Fsp3) is 0.372. The maximum absolute atomic E-state index is 13.7. The Bertz CT molecular complexity index is 1870. The van der Waals surface area contributed by atoms with Crippen molar-refractivity contribution in [1.29, 1.82) is 0 Å². The number of anilines is 1. The Morgan fingerprint density at radius 1 is 0.800 bits per heavy atom. The summed E-state index contributed by atoms with van der Waals surface area (Å²) in [7, 11) is 1.48. The Balaban J connectivity index is 1.37. The molecule has 0 radical (unpaired) electrons. The number of benzene rings is 3. The van der Waals surface area contributed by atoms with Gasteiger partial charge >= 0.3 is 11.9 Å². The number of hydrogen-bond acceptors (Lipinski definition) is 9. The van der Waals surface area contributed by atoms with Gasteiger partial charge in [-0.25, -0.2) is 9.18 Å². The van der Waals surface area contributed by atoms with Gasteiger partial charge in [0.15, 0.2) is 0 Å². The van der Waals surface area contributed by atoms with Crippen LogP contribution in [-0.4, -0.2) is 59.5 Å². The molecule has 2 amide bonds. The van der Waals surface area contributed by atoms with Crippen molar-refractivity contribution in [2.24, 2.45) is 0 Å². The number of carbonyl (C=O) groups is 4. The van der Waals surface area contributed by atoms with Crippen molar-refractivity contribution in [3.63, 3.8) is 0 Å². The number of pyridine rings is 1. The van der Waals surface area contributed by atoms with Gasteiger partial charge in [-0.05, 0) is 111 Å². The molecule has 0 fully saturated rings. The Morgan fingerprint density at radius 2 is 1.47 bits per heavy atom. The summed E-state index contributed by atoms with van der Waals surface area (Å²) in [5.74, 6) is -0.624. The molecule has 12 heteroatoms. The third kappa shape index (κ3) is 13.9. The molecule has 0 saturated heterocycles. The van der Waals surface area contributed by atoms with E-state index < -0.39 is 30.1 Å². The van der Waals surface area contributed by atoms with E-state index >= 15 is 0 Å². The van der Waals surface area contributed by atoms with Crippen molar-refractivity contribution < 1.29 is 42.5 Å². The largest absolute Gasteiger partial charge is 0.497 e. The minimum atomic E-state index is -0.770. The lowest BCUT2D eigenvalue weighted by atomic mass is 10.0. The van der Waals surface area contributed by atoms with E-state index in [0.29, 0.717) is 46.2 Å². The fourth-order valence-electron chi connectivity index (χ4n) is 5.52. The molecular weight excluding hydrogens is 705 g/mol. The van der Waals surface area contributed by atoms with Crippen LogP contribution in [0.2, 0.25) is 0 Å². The van der Waals surface area contributed by atoms with E-state index in [1.54, 1.807) is 87.5 Å². The van der Waals surface area contributed by atoms with Gasteiger partial charge in [-0.15, -0.1) is 0 Å². The molecule has 0 aliphatic carbocycles. The first kappa shape index (κ1) is 42.0. The van der Waals surface area contributed by atoms with Crippen LogP contribution in [0.25, 0.3) is 0 Å². The average Bonchev–Trinajstić information content (AvgIpc) is 3.16. The van der Waals surface area contributed by atoms with Crippen LogP contribution in [0, 0.1) is 0 Å². The van der Waals surface area contributed by atoms with Gasteiger partial charge in [-0.3, -0.25) is 19.4 Å². The molecule has 0 aliphatic rings. The third-order valence-corrected chi connectivity index (χ3v) is 8.32. The van der Waals surface area contributed by atoms with Crippen molar-refractivity contribution in [2.75, 3.05) is 25.6 Å². The number of alkyl halides is 1. The van der Waals surface area contributed by atoms with Gasteiger partial charge in [0.25, 0.3) is 5.91 Å². The number of nitrogens with one attached hydrogen (secondary N) is 1. The van der Waals surface area contributed by atoms with Crippen LogP contribution in [-0.2, 0) is 34.0 Å². The molecule has 11 nitrogen and oxygen atoms in total. The number of hydrogen-bond donors (Lipinski definition) is 1. The molecule has 4 aromatic rings. The summed E-state index contributed by atoms with van der Waals surface area (Å²) in [4.78, 5) is 57.8. The summed E-state index contributed by atoms with van der Waals surface area (Å²) in [6.07, 6.45) is 7.03. The van der Waals surface area contributed by atoms with Gasteiger partial charge in [0.2, 0.25) is 5.91 Å². The lowest BCUT2D eigenvalue weighted by molar-refractivity contribution is -0.155. The summed E-state index contributed by atoms with van der Waals surface area (Å²) in [5.41, 5.74) is 1.59. The molecule has 0 unspecified atom stereocenters. The number of unbranched alkanes of at least 4 members (excludes halogenated alkanes) is 4. The van der Waals surface area contributed by atoms with Gasteiger partial charge in [0.05, 0.1) is 44.1 Å². The average molecular weight is 756 g/mol. The van der Waals surface area contributed by atoms with Crippen LogP contribution in [0.1, 0.15) is 97.3 Å². The molecule has 3 aromatic carbocycles. The van der Waals surface area contributed by atoms with Crippen LogP contribution in [0.4, 0.5) is 10.1 Å². The summed E-state index contributed by atoms with van der Waals surface area (Å²) >= 11 is 0. The van der Waals surface area contributed by atoms with Crippen LogP contribution in [0.3, 0.4) is 0 Å². The number of ether oxygens (including phenoxy) is 4. The second-order valence-corrected chi connectivity index (χ2v) is 14.0. The molecule has 1 N–H and O–H groups in total. The van der Waals surface area contributed by atoms with Crippen LogP contribution < -0.4 is 19.5 Å². The van der Waals surface area contributed by atoms with Gasteiger partial charge in [0, 0.05) is 11.3 Å². The van der Waals surface area contributed by atoms with Gasteiger partial charge < -0.3 is 29.2 Å². The van der Waals surface area contributed by atoms with E-state index in [0.717, 1.165) is 12.8 Å². The molecule has 55 heavy (non-hydrogen) atoms. The molecular formula is C43H50FN3O8. The highest BCUT2D eigenvalue weighted by atomic mass is 19.1. The first-order valence-corrected chi connectivity index (χ1v) is 18.4. The topological polar surface area (TPSA) is 133 Å². The minimum Gasteiger partial charge on any atom is -0.497 e. The molecule has 0 aliphatic heterocycles. The van der Waals surface area contributed by atoms with Crippen LogP contribution in [0.5, 0.6) is 17.2 Å². The van der Waals surface area contributed by atoms with E-state index in [4.69, 9.17) is 18.9 Å².